The molecule has 0 spiro atoms. The van der Waals surface area contributed by atoms with Crippen molar-refractivity contribution in [1.29, 1.82) is 0 Å². The van der Waals surface area contributed by atoms with Crippen LogP contribution in [0.5, 0.6) is 0 Å². The van der Waals surface area contributed by atoms with Gasteiger partial charge in [0.15, 0.2) is 0 Å². The van der Waals surface area contributed by atoms with Crippen molar-refractivity contribution in [2.45, 2.75) is 48.4 Å². The summed E-state index contributed by atoms with van der Waals surface area (Å²) in [6.45, 7) is 2.01. The van der Waals surface area contributed by atoms with Gasteiger partial charge in [0.2, 0.25) is 0 Å². The molecule has 3 unspecified atom stereocenters. The summed E-state index contributed by atoms with van der Waals surface area (Å²) in [6, 6.07) is 4.33. The van der Waals surface area contributed by atoms with Gasteiger partial charge in [-0.1, -0.05) is 30.1 Å². The van der Waals surface area contributed by atoms with E-state index in [1.807, 2.05) is 6.92 Å². The van der Waals surface area contributed by atoms with Gasteiger partial charge in [0.05, 0.1) is 20.7 Å². The van der Waals surface area contributed by atoms with Crippen molar-refractivity contribution in [2.75, 3.05) is 0 Å². The Morgan fingerprint density at radius 1 is 1.28 bits per heavy atom. The van der Waals surface area contributed by atoms with Gasteiger partial charge in [0, 0.05) is 27.9 Å². The number of nitrogens with one attached hydrogen (secondary N) is 1. The van der Waals surface area contributed by atoms with E-state index in [4.69, 9.17) is 23.2 Å². The van der Waals surface area contributed by atoms with Crippen molar-refractivity contribution >= 4 is 34.0 Å². The quantitative estimate of drug-likeness (QED) is 0.903. The van der Waals surface area contributed by atoms with Gasteiger partial charge in [0.25, 0.3) is 0 Å². The molecule has 0 radical (unpaired) electrons. The van der Waals surface area contributed by atoms with Gasteiger partial charge in [0.1, 0.15) is 0 Å². The van der Waals surface area contributed by atoms with Gasteiger partial charge in [-0.05, 0) is 31.4 Å². The van der Waals surface area contributed by atoms with Gasteiger partial charge in [-0.15, -0.1) is 0 Å². The highest BCUT2D eigenvalue weighted by molar-refractivity contribution is 7.86. The zero-order valence-electron chi connectivity index (χ0n) is 10.1. The van der Waals surface area contributed by atoms with Crippen molar-refractivity contribution in [2.24, 2.45) is 0 Å². The van der Waals surface area contributed by atoms with E-state index in [0.717, 1.165) is 16.9 Å². The molecular formula is C13H15Cl2NOS. The molecule has 98 valence electrons. The predicted molar refractivity (Wildman–Crippen MR) is 75.8 cm³/mol. The van der Waals surface area contributed by atoms with Crippen molar-refractivity contribution in [3.05, 3.63) is 27.7 Å². The number of fused-ring (bicyclic) bond motifs is 1. The summed E-state index contributed by atoms with van der Waals surface area (Å²) < 4.78 is 12.4. The first-order valence-electron chi connectivity index (χ1n) is 6.22. The third-order valence-electron chi connectivity index (χ3n) is 3.59. The molecule has 1 fully saturated rings. The van der Waals surface area contributed by atoms with E-state index in [0.29, 0.717) is 16.1 Å². The Hall–Kier alpha value is -0.0900. The van der Waals surface area contributed by atoms with Crippen LogP contribution in [0.4, 0.5) is 0 Å². The van der Waals surface area contributed by atoms with E-state index in [-0.39, 0.29) is 11.3 Å². The molecule has 1 aromatic carbocycles. The lowest BCUT2D eigenvalue weighted by Gasteiger charge is -2.31. The van der Waals surface area contributed by atoms with E-state index >= 15 is 0 Å². The van der Waals surface area contributed by atoms with Crippen LogP contribution in [-0.4, -0.2) is 15.5 Å². The van der Waals surface area contributed by atoms with E-state index in [1.54, 1.807) is 12.1 Å². The first kappa shape index (κ1) is 12.9. The molecule has 1 aliphatic heterocycles. The van der Waals surface area contributed by atoms with E-state index in [2.05, 4.69) is 5.32 Å². The number of hydrogen-bond donors (Lipinski definition) is 1. The Bertz CT molecular complexity index is 516. The molecule has 3 rings (SSSR count). The zero-order chi connectivity index (χ0) is 12.9. The molecular weight excluding hydrogens is 289 g/mol. The number of hydrogen-bond acceptors (Lipinski definition) is 2. The second-order valence-electron chi connectivity index (χ2n) is 5.11. The Kier molecular flexibility index (Phi) is 3.43. The monoisotopic (exact) mass is 303 g/mol. The van der Waals surface area contributed by atoms with Crippen LogP contribution in [0.2, 0.25) is 10.0 Å². The summed E-state index contributed by atoms with van der Waals surface area (Å²) in [5.74, 6) is 0. The average Bonchev–Trinajstić information content (AvgIpc) is 3.12. The molecule has 0 amide bonds. The highest BCUT2D eigenvalue weighted by atomic mass is 35.5. The fourth-order valence-electron chi connectivity index (χ4n) is 2.50. The van der Waals surface area contributed by atoms with Gasteiger partial charge in [-0.3, -0.25) is 4.21 Å². The Balaban J connectivity index is 2.08. The van der Waals surface area contributed by atoms with Crippen LogP contribution < -0.4 is 5.32 Å². The summed E-state index contributed by atoms with van der Waals surface area (Å²) in [5.41, 5.74) is 0.951. The number of benzene rings is 1. The molecule has 1 aromatic rings. The Labute approximate surface area is 120 Å². The highest BCUT2D eigenvalue weighted by Gasteiger charge is 2.36. The zero-order valence-corrected chi connectivity index (χ0v) is 12.4. The van der Waals surface area contributed by atoms with Crippen LogP contribution in [0.3, 0.4) is 0 Å². The maximum atomic E-state index is 12.4. The third-order valence-corrected chi connectivity index (χ3v) is 6.11. The van der Waals surface area contributed by atoms with Gasteiger partial charge >= 0.3 is 0 Å². The smallest absolute Gasteiger partial charge is 0.0639 e. The molecule has 0 bridgehead atoms. The Morgan fingerprint density at radius 2 is 1.94 bits per heavy atom. The maximum Gasteiger partial charge on any atom is 0.0639 e. The fourth-order valence-corrected chi connectivity index (χ4v) is 4.74. The molecule has 0 aromatic heterocycles. The van der Waals surface area contributed by atoms with Gasteiger partial charge < -0.3 is 5.32 Å². The fraction of sp³-hybridized carbons (Fsp3) is 0.538. The number of halogens is 2. The molecule has 5 heteroatoms. The Morgan fingerprint density at radius 3 is 2.61 bits per heavy atom. The minimum absolute atomic E-state index is 0.115. The topological polar surface area (TPSA) is 29.1 Å². The highest BCUT2D eigenvalue weighted by Crippen LogP contribution is 2.42. The summed E-state index contributed by atoms with van der Waals surface area (Å²) >= 11 is 12.5. The van der Waals surface area contributed by atoms with Crippen molar-refractivity contribution in [3.8, 4) is 0 Å². The van der Waals surface area contributed by atoms with Gasteiger partial charge in [-0.2, -0.15) is 0 Å². The lowest BCUT2D eigenvalue weighted by atomic mass is 10.0. The molecule has 0 saturated heterocycles. The summed E-state index contributed by atoms with van der Waals surface area (Å²) in [6.07, 6.45) is 3.30. The normalized spacial score (nSPS) is 31.2. The van der Waals surface area contributed by atoms with Gasteiger partial charge in [-0.25, -0.2) is 0 Å². The summed E-state index contributed by atoms with van der Waals surface area (Å²) in [5, 5.41) is 4.95. The molecule has 2 nitrogen and oxygen atoms in total. The minimum Gasteiger partial charge on any atom is -0.307 e. The molecule has 1 saturated carbocycles. The lowest BCUT2D eigenvalue weighted by molar-refractivity contribution is 0.475. The molecule has 1 N–H and O–H groups in total. The maximum absolute atomic E-state index is 12.4. The molecule has 1 heterocycles. The first-order chi connectivity index (χ1) is 8.58. The van der Waals surface area contributed by atoms with Crippen LogP contribution in [0.15, 0.2) is 17.0 Å². The average molecular weight is 304 g/mol. The second kappa shape index (κ2) is 4.78. The lowest BCUT2D eigenvalue weighted by Crippen LogP contribution is -2.33. The molecule has 2 aliphatic rings. The van der Waals surface area contributed by atoms with Crippen LogP contribution in [0.1, 0.15) is 37.8 Å². The number of rotatable bonds is 2. The van der Waals surface area contributed by atoms with Crippen molar-refractivity contribution < 1.29 is 4.21 Å². The molecule has 1 aliphatic carbocycles. The van der Waals surface area contributed by atoms with E-state index < -0.39 is 10.8 Å². The standard InChI is InChI=1S/C13H15Cl2NOS/c1-7-6-11(16-8-2-3-8)12-9(14)4-5-10(15)13(12)18(7)17/h4-5,7-8,11,16H,2-3,6H2,1H3. The minimum atomic E-state index is -1.05. The largest absolute Gasteiger partial charge is 0.307 e. The van der Waals surface area contributed by atoms with E-state index in [1.165, 1.54) is 12.8 Å². The van der Waals surface area contributed by atoms with Crippen LogP contribution in [0, 0.1) is 0 Å². The third kappa shape index (κ3) is 2.22. The summed E-state index contributed by atoms with van der Waals surface area (Å²) in [4.78, 5) is 0.737. The van der Waals surface area contributed by atoms with Crippen molar-refractivity contribution in [1.82, 2.24) is 5.32 Å². The summed E-state index contributed by atoms with van der Waals surface area (Å²) in [7, 11) is -1.05. The predicted octanol–water partition coefficient (Wildman–Crippen LogP) is 3.69. The SMILES string of the molecule is CC1CC(NC2CC2)c2c(Cl)ccc(Cl)c2S1=O. The van der Waals surface area contributed by atoms with Crippen LogP contribution in [0.25, 0.3) is 0 Å². The van der Waals surface area contributed by atoms with E-state index in [9.17, 15) is 4.21 Å². The second-order valence-corrected chi connectivity index (χ2v) is 7.73. The van der Waals surface area contributed by atoms with Crippen LogP contribution in [-0.2, 0) is 10.8 Å². The van der Waals surface area contributed by atoms with Crippen molar-refractivity contribution in [3.63, 3.8) is 0 Å². The molecule has 3 atom stereocenters. The van der Waals surface area contributed by atoms with Crippen LogP contribution >= 0.6 is 23.2 Å². The first-order valence-corrected chi connectivity index (χ1v) is 8.19. The molecule has 18 heavy (non-hydrogen) atoms.